The second-order valence-electron chi connectivity index (χ2n) is 5.12. The molecule has 0 aliphatic heterocycles. The number of nitrogens with one attached hydrogen (secondary N) is 1. The molecular formula is C18H21NOS2. The summed E-state index contributed by atoms with van der Waals surface area (Å²) in [5, 5.41) is 3.00. The molecule has 0 saturated heterocycles. The van der Waals surface area contributed by atoms with E-state index in [9.17, 15) is 4.79 Å². The Hall–Kier alpha value is -1.39. The first-order valence-corrected chi connectivity index (χ1v) is 9.44. The van der Waals surface area contributed by atoms with Crippen LogP contribution in [0.25, 0.3) is 0 Å². The largest absolute Gasteiger partial charge is 0.325 e. The highest BCUT2D eigenvalue weighted by atomic mass is 32.2. The fourth-order valence-corrected chi connectivity index (χ4v) is 3.69. The van der Waals surface area contributed by atoms with Crippen LogP contribution in [0.2, 0.25) is 0 Å². The fourth-order valence-electron chi connectivity index (χ4n) is 2.18. The summed E-state index contributed by atoms with van der Waals surface area (Å²) >= 11 is 3.38. The Labute approximate surface area is 141 Å². The number of aryl methyl sites for hydroxylation is 2. The van der Waals surface area contributed by atoms with E-state index in [1.807, 2.05) is 30.5 Å². The lowest BCUT2D eigenvalue weighted by Gasteiger charge is -2.10. The van der Waals surface area contributed by atoms with Crippen molar-refractivity contribution in [2.45, 2.75) is 30.1 Å². The molecule has 0 heterocycles. The number of benzene rings is 2. The molecule has 0 aliphatic carbocycles. The number of anilines is 1. The SMILES string of the molecule is CSc1ccccc1NC(=O)CCSc1ccc(C)cc1C. The molecule has 0 spiro atoms. The van der Waals surface area contributed by atoms with E-state index in [0.717, 1.165) is 16.3 Å². The average molecular weight is 332 g/mol. The van der Waals surface area contributed by atoms with E-state index in [-0.39, 0.29) is 5.91 Å². The Morgan fingerprint density at radius 3 is 2.59 bits per heavy atom. The van der Waals surface area contributed by atoms with E-state index in [4.69, 9.17) is 0 Å². The van der Waals surface area contributed by atoms with Gasteiger partial charge in [0.1, 0.15) is 0 Å². The molecule has 0 atom stereocenters. The monoisotopic (exact) mass is 331 g/mol. The van der Waals surface area contributed by atoms with Crippen LogP contribution in [0.5, 0.6) is 0 Å². The van der Waals surface area contributed by atoms with Gasteiger partial charge in [-0.3, -0.25) is 4.79 Å². The van der Waals surface area contributed by atoms with Crippen molar-refractivity contribution in [3.05, 3.63) is 53.6 Å². The van der Waals surface area contributed by atoms with Gasteiger partial charge in [-0.1, -0.05) is 29.8 Å². The molecule has 1 N–H and O–H groups in total. The molecule has 0 aliphatic rings. The maximum absolute atomic E-state index is 12.1. The second kappa shape index (κ2) is 8.30. The Morgan fingerprint density at radius 2 is 1.86 bits per heavy atom. The molecule has 2 rings (SSSR count). The van der Waals surface area contributed by atoms with Gasteiger partial charge in [0.15, 0.2) is 0 Å². The van der Waals surface area contributed by atoms with Crippen molar-refractivity contribution in [2.24, 2.45) is 0 Å². The highest BCUT2D eigenvalue weighted by Gasteiger charge is 2.07. The van der Waals surface area contributed by atoms with Crippen molar-refractivity contribution in [1.82, 2.24) is 0 Å². The number of hydrogen-bond donors (Lipinski definition) is 1. The van der Waals surface area contributed by atoms with Crippen LogP contribution in [0.3, 0.4) is 0 Å². The molecule has 0 radical (unpaired) electrons. The molecule has 0 unspecified atom stereocenters. The third-order valence-electron chi connectivity index (χ3n) is 3.30. The predicted molar refractivity (Wildman–Crippen MR) is 98.1 cm³/mol. The number of thioether (sulfide) groups is 2. The van der Waals surface area contributed by atoms with Crippen molar-refractivity contribution in [2.75, 3.05) is 17.3 Å². The molecule has 1 amide bonds. The molecule has 0 bridgehead atoms. The van der Waals surface area contributed by atoms with E-state index < -0.39 is 0 Å². The predicted octanol–water partition coefficient (Wildman–Crippen LogP) is 5.15. The highest BCUT2D eigenvalue weighted by molar-refractivity contribution is 7.99. The van der Waals surface area contributed by atoms with Crippen molar-refractivity contribution in [3.8, 4) is 0 Å². The molecule has 2 aromatic carbocycles. The van der Waals surface area contributed by atoms with Gasteiger partial charge in [0.2, 0.25) is 5.91 Å². The zero-order chi connectivity index (χ0) is 15.9. The number of carbonyl (C=O) groups is 1. The first-order chi connectivity index (χ1) is 10.6. The van der Waals surface area contributed by atoms with Crippen LogP contribution in [0.1, 0.15) is 17.5 Å². The summed E-state index contributed by atoms with van der Waals surface area (Å²) in [6, 6.07) is 14.3. The van der Waals surface area contributed by atoms with Gasteiger partial charge in [0.05, 0.1) is 5.69 Å². The topological polar surface area (TPSA) is 29.1 Å². The molecule has 4 heteroatoms. The van der Waals surface area contributed by atoms with Gasteiger partial charge in [-0.25, -0.2) is 0 Å². The van der Waals surface area contributed by atoms with E-state index in [2.05, 4.69) is 37.4 Å². The lowest BCUT2D eigenvalue weighted by Crippen LogP contribution is -2.12. The van der Waals surface area contributed by atoms with Gasteiger partial charge in [0.25, 0.3) is 0 Å². The van der Waals surface area contributed by atoms with Crippen LogP contribution in [-0.4, -0.2) is 17.9 Å². The zero-order valence-corrected chi connectivity index (χ0v) is 14.8. The minimum Gasteiger partial charge on any atom is -0.325 e. The third kappa shape index (κ3) is 4.82. The summed E-state index contributed by atoms with van der Waals surface area (Å²) in [5.41, 5.74) is 3.45. The number of rotatable bonds is 6. The summed E-state index contributed by atoms with van der Waals surface area (Å²) in [5.74, 6) is 0.857. The number of hydrogen-bond acceptors (Lipinski definition) is 3. The Kier molecular flexibility index (Phi) is 6.40. The van der Waals surface area contributed by atoms with Crippen molar-refractivity contribution >= 4 is 35.1 Å². The maximum Gasteiger partial charge on any atom is 0.225 e. The first-order valence-electron chi connectivity index (χ1n) is 7.23. The van der Waals surface area contributed by atoms with Crippen LogP contribution in [-0.2, 0) is 4.79 Å². The molecular weight excluding hydrogens is 310 g/mol. The number of carbonyl (C=O) groups excluding carboxylic acids is 1. The van der Waals surface area contributed by atoms with Gasteiger partial charge in [-0.15, -0.1) is 23.5 Å². The molecule has 0 fully saturated rings. The Bertz CT molecular complexity index is 655. The zero-order valence-electron chi connectivity index (χ0n) is 13.2. The van der Waals surface area contributed by atoms with Gasteiger partial charge in [0, 0.05) is 22.0 Å². The van der Waals surface area contributed by atoms with Gasteiger partial charge < -0.3 is 5.32 Å². The summed E-state index contributed by atoms with van der Waals surface area (Å²) in [6.45, 7) is 4.21. The lowest BCUT2D eigenvalue weighted by atomic mass is 10.2. The van der Waals surface area contributed by atoms with Gasteiger partial charge >= 0.3 is 0 Å². The molecule has 0 aromatic heterocycles. The standard InChI is InChI=1S/C18H21NOS2/c1-13-8-9-16(14(2)12-13)22-11-10-18(20)19-15-6-4-5-7-17(15)21-3/h4-9,12H,10-11H2,1-3H3,(H,19,20). The van der Waals surface area contributed by atoms with E-state index in [1.54, 1.807) is 23.5 Å². The molecule has 2 aromatic rings. The van der Waals surface area contributed by atoms with Crippen molar-refractivity contribution < 1.29 is 4.79 Å². The van der Waals surface area contributed by atoms with E-state index >= 15 is 0 Å². The summed E-state index contributed by atoms with van der Waals surface area (Å²) in [7, 11) is 0. The second-order valence-corrected chi connectivity index (χ2v) is 7.10. The fraction of sp³-hybridized carbons (Fsp3) is 0.278. The molecule has 2 nitrogen and oxygen atoms in total. The quantitative estimate of drug-likeness (QED) is 0.743. The first kappa shape index (κ1) is 17.0. The van der Waals surface area contributed by atoms with Crippen molar-refractivity contribution in [3.63, 3.8) is 0 Å². The number of amides is 1. The maximum atomic E-state index is 12.1. The third-order valence-corrected chi connectivity index (χ3v) is 5.27. The van der Waals surface area contributed by atoms with Crippen LogP contribution < -0.4 is 5.32 Å². The smallest absolute Gasteiger partial charge is 0.225 e. The number of para-hydroxylation sites is 1. The Morgan fingerprint density at radius 1 is 1.09 bits per heavy atom. The van der Waals surface area contributed by atoms with E-state index in [0.29, 0.717) is 6.42 Å². The van der Waals surface area contributed by atoms with Crippen LogP contribution >= 0.6 is 23.5 Å². The average Bonchev–Trinajstić information content (AvgIpc) is 2.50. The van der Waals surface area contributed by atoms with Crippen LogP contribution in [0.4, 0.5) is 5.69 Å². The van der Waals surface area contributed by atoms with Gasteiger partial charge in [-0.2, -0.15) is 0 Å². The lowest BCUT2D eigenvalue weighted by molar-refractivity contribution is -0.115. The van der Waals surface area contributed by atoms with Crippen LogP contribution in [0, 0.1) is 13.8 Å². The van der Waals surface area contributed by atoms with E-state index in [1.165, 1.54) is 16.0 Å². The molecule has 116 valence electrons. The summed E-state index contributed by atoms with van der Waals surface area (Å²) in [4.78, 5) is 14.4. The molecule has 0 saturated carbocycles. The molecule has 22 heavy (non-hydrogen) atoms. The van der Waals surface area contributed by atoms with Gasteiger partial charge in [-0.05, 0) is 43.9 Å². The normalized spacial score (nSPS) is 10.5. The minimum atomic E-state index is 0.0683. The summed E-state index contributed by atoms with van der Waals surface area (Å²) in [6.07, 6.45) is 2.53. The summed E-state index contributed by atoms with van der Waals surface area (Å²) < 4.78 is 0. The highest BCUT2D eigenvalue weighted by Crippen LogP contribution is 2.26. The Balaban J connectivity index is 1.85. The minimum absolute atomic E-state index is 0.0683. The van der Waals surface area contributed by atoms with Crippen LogP contribution in [0.15, 0.2) is 52.3 Å². The van der Waals surface area contributed by atoms with Crippen molar-refractivity contribution in [1.29, 1.82) is 0 Å².